The van der Waals surface area contributed by atoms with Gasteiger partial charge in [0.1, 0.15) is 0 Å². The largest absolute Gasteiger partial charge is 0.378 e. The molecule has 110 valence electrons. The molecule has 1 amide bonds. The molecule has 0 bridgehead atoms. The Morgan fingerprint density at radius 2 is 2.11 bits per heavy atom. The van der Waals surface area contributed by atoms with Crippen LogP contribution < -0.4 is 10.6 Å². The predicted molar refractivity (Wildman–Crippen MR) is 76.0 cm³/mol. The number of nitrogens with one attached hydrogen (secondary N) is 2. The van der Waals surface area contributed by atoms with Crippen LogP contribution >= 0.6 is 0 Å². The molecule has 4 heteroatoms. The summed E-state index contributed by atoms with van der Waals surface area (Å²) in [6.45, 7) is 5.18. The summed E-state index contributed by atoms with van der Waals surface area (Å²) in [5.41, 5.74) is 0. The summed E-state index contributed by atoms with van der Waals surface area (Å²) in [4.78, 5) is 12.0. The molecule has 2 atom stereocenters. The maximum atomic E-state index is 12.0. The van der Waals surface area contributed by atoms with E-state index in [2.05, 4.69) is 17.6 Å². The summed E-state index contributed by atoms with van der Waals surface area (Å²) in [6, 6.07) is 0.307. The van der Waals surface area contributed by atoms with Gasteiger partial charge in [-0.25, -0.2) is 0 Å². The molecule has 2 N–H and O–H groups in total. The van der Waals surface area contributed by atoms with Crippen molar-refractivity contribution < 1.29 is 9.53 Å². The Bertz CT molecular complexity index is 271. The normalized spacial score (nSPS) is 26.9. The minimum Gasteiger partial charge on any atom is -0.378 e. The number of ether oxygens (including phenoxy) is 1. The molecule has 2 heterocycles. The van der Waals surface area contributed by atoms with Gasteiger partial charge in [0.05, 0.1) is 6.10 Å². The van der Waals surface area contributed by atoms with E-state index in [4.69, 9.17) is 4.74 Å². The van der Waals surface area contributed by atoms with E-state index in [1.807, 2.05) is 0 Å². The van der Waals surface area contributed by atoms with Gasteiger partial charge in [0.2, 0.25) is 5.91 Å². The fourth-order valence-corrected chi connectivity index (χ4v) is 3.12. The van der Waals surface area contributed by atoms with Gasteiger partial charge in [-0.2, -0.15) is 0 Å². The van der Waals surface area contributed by atoms with Gasteiger partial charge in [-0.3, -0.25) is 4.79 Å². The van der Waals surface area contributed by atoms with Gasteiger partial charge in [-0.1, -0.05) is 0 Å². The SMILES string of the molecule is CC(NC(=O)CCC1CCCCO1)C1CCNCC1. The summed E-state index contributed by atoms with van der Waals surface area (Å²) in [5, 5.41) is 6.53. The molecule has 0 aromatic heterocycles. The Hall–Kier alpha value is -0.610. The summed E-state index contributed by atoms with van der Waals surface area (Å²) in [6.07, 6.45) is 7.70. The van der Waals surface area contributed by atoms with E-state index in [0.29, 0.717) is 24.5 Å². The van der Waals surface area contributed by atoms with Crippen molar-refractivity contribution in [3.63, 3.8) is 0 Å². The molecule has 2 unspecified atom stereocenters. The van der Waals surface area contributed by atoms with Gasteiger partial charge < -0.3 is 15.4 Å². The Morgan fingerprint density at radius 1 is 1.32 bits per heavy atom. The smallest absolute Gasteiger partial charge is 0.220 e. The molecular formula is C15H28N2O2. The first-order valence-electron chi connectivity index (χ1n) is 7.87. The van der Waals surface area contributed by atoms with Crippen LogP contribution in [-0.2, 0) is 9.53 Å². The highest BCUT2D eigenvalue weighted by Crippen LogP contribution is 2.18. The second-order valence-corrected chi connectivity index (χ2v) is 5.97. The fourth-order valence-electron chi connectivity index (χ4n) is 3.12. The van der Waals surface area contributed by atoms with Crippen molar-refractivity contribution in [3.8, 4) is 0 Å². The van der Waals surface area contributed by atoms with Crippen LogP contribution in [0.4, 0.5) is 0 Å². The molecule has 4 nitrogen and oxygen atoms in total. The number of hydrogen-bond donors (Lipinski definition) is 2. The summed E-state index contributed by atoms with van der Waals surface area (Å²) < 4.78 is 5.66. The van der Waals surface area contributed by atoms with E-state index >= 15 is 0 Å². The van der Waals surface area contributed by atoms with Crippen LogP contribution in [0.1, 0.15) is 51.9 Å². The van der Waals surface area contributed by atoms with E-state index in [-0.39, 0.29) is 5.91 Å². The molecule has 0 radical (unpaired) electrons. The lowest BCUT2D eigenvalue weighted by Crippen LogP contribution is -2.42. The monoisotopic (exact) mass is 268 g/mol. The average molecular weight is 268 g/mol. The van der Waals surface area contributed by atoms with Crippen LogP contribution in [0.3, 0.4) is 0 Å². The third-order valence-corrected chi connectivity index (χ3v) is 4.45. The summed E-state index contributed by atoms with van der Waals surface area (Å²) in [5.74, 6) is 0.830. The average Bonchev–Trinajstić information content (AvgIpc) is 2.47. The molecule has 0 saturated carbocycles. The van der Waals surface area contributed by atoms with Crippen LogP contribution in [0.2, 0.25) is 0 Å². The number of rotatable bonds is 5. The highest BCUT2D eigenvalue weighted by atomic mass is 16.5. The van der Waals surface area contributed by atoms with E-state index in [1.54, 1.807) is 0 Å². The lowest BCUT2D eigenvalue weighted by molar-refractivity contribution is -0.123. The number of carbonyl (C=O) groups is 1. The zero-order chi connectivity index (χ0) is 13.5. The van der Waals surface area contributed by atoms with E-state index in [0.717, 1.165) is 32.5 Å². The van der Waals surface area contributed by atoms with Crippen LogP contribution in [0.5, 0.6) is 0 Å². The first-order chi connectivity index (χ1) is 9.25. The van der Waals surface area contributed by atoms with Gasteiger partial charge in [-0.15, -0.1) is 0 Å². The first kappa shape index (κ1) is 14.8. The molecule has 0 aromatic carbocycles. The van der Waals surface area contributed by atoms with Gasteiger partial charge in [0.15, 0.2) is 0 Å². The molecule has 0 aromatic rings. The van der Waals surface area contributed by atoms with Crippen molar-refractivity contribution in [2.24, 2.45) is 5.92 Å². The zero-order valence-corrected chi connectivity index (χ0v) is 12.1. The van der Waals surface area contributed by atoms with E-state index in [1.165, 1.54) is 25.7 Å². The molecule has 2 aliphatic heterocycles. The van der Waals surface area contributed by atoms with Gasteiger partial charge in [0, 0.05) is 19.1 Å². The molecule has 19 heavy (non-hydrogen) atoms. The first-order valence-corrected chi connectivity index (χ1v) is 7.87. The molecule has 2 fully saturated rings. The van der Waals surface area contributed by atoms with Crippen LogP contribution in [0.25, 0.3) is 0 Å². The Balaban J connectivity index is 1.62. The summed E-state index contributed by atoms with van der Waals surface area (Å²) in [7, 11) is 0. The van der Waals surface area contributed by atoms with Crippen molar-refractivity contribution in [3.05, 3.63) is 0 Å². The second-order valence-electron chi connectivity index (χ2n) is 5.97. The molecule has 2 aliphatic rings. The number of carbonyl (C=O) groups excluding carboxylic acids is 1. The maximum absolute atomic E-state index is 12.0. The standard InChI is InChI=1S/C15H28N2O2/c1-12(13-7-9-16-10-8-13)17-15(18)6-5-14-4-2-3-11-19-14/h12-14,16H,2-11H2,1H3,(H,17,18). The van der Waals surface area contributed by atoms with Crippen molar-refractivity contribution in [1.82, 2.24) is 10.6 Å². The Labute approximate surface area is 116 Å². The van der Waals surface area contributed by atoms with Gasteiger partial charge >= 0.3 is 0 Å². The maximum Gasteiger partial charge on any atom is 0.220 e. The molecular weight excluding hydrogens is 240 g/mol. The topological polar surface area (TPSA) is 50.4 Å². The van der Waals surface area contributed by atoms with Gasteiger partial charge in [-0.05, 0) is 64.5 Å². The fraction of sp³-hybridized carbons (Fsp3) is 0.933. The predicted octanol–water partition coefficient (Wildman–Crippen LogP) is 1.84. The minimum absolute atomic E-state index is 0.195. The zero-order valence-electron chi connectivity index (χ0n) is 12.1. The van der Waals surface area contributed by atoms with Crippen molar-refractivity contribution in [2.75, 3.05) is 19.7 Å². The Kier molecular flexibility index (Phi) is 6.11. The van der Waals surface area contributed by atoms with Gasteiger partial charge in [0.25, 0.3) is 0 Å². The molecule has 0 spiro atoms. The number of piperidine rings is 1. The Morgan fingerprint density at radius 3 is 2.79 bits per heavy atom. The highest BCUT2D eigenvalue weighted by Gasteiger charge is 2.22. The highest BCUT2D eigenvalue weighted by molar-refractivity contribution is 5.76. The van der Waals surface area contributed by atoms with Crippen molar-refractivity contribution in [1.29, 1.82) is 0 Å². The second kappa shape index (κ2) is 7.85. The van der Waals surface area contributed by atoms with E-state index in [9.17, 15) is 4.79 Å². The number of hydrogen-bond acceptors (Lipinski definition) is 3. The van der Waals surface area contributed by atoms with Crippen LogP contribution in [0, 0.1) is 5.92 Å². The van der Waals surface area contributed by atoms with E-state index < -0.39 is 0 Å². The summed E-state index contributed by atoms with van der Waals surface area (Å²) >= 11 is 0. The molecule has 0 aliphatic carbocycles. The van der Waals surface area contributed by atoms with Crippen LogP contribution in [-0.4, -0.2) is 37.7 Å². The lowest BCUT2D eigenvalue weighted by Gasteiger charge is -2.29. The third kappa shape index (κ3) is 5.11. The third-order valence-electron chi connectivity index (χ3n) is 4.45. The van der Waals surface area contributed by atoms with Crippen LogP contribution in [0.15, 0.2) is 0 Å². The minimum atomic E-state index is 0.195. The molecule has 2 saturated heterocycles. The van der Waals surface area contributed by atoms with Crippen molar-refractivity contribution >= 4 is 5.91 Å². The van der Waals surface area contributed by atoms with Crippen molar-refractivity contribution in [2.45, 2.75) is 64.0 Å². The molecule has 2 rings (SSSR count). The number of amides is 1. The quantitative estimate of drug-likeness (QED) is 0.800. The lowest BCUT2D eigenvalue weighted by atomic mass is 9.91.